The molecule has 0 saturated heterocycles. The van der Waals surface area contributed by atoms with Crippen LogP contribution in [0.4, 0.5) is 0 Å². The van der Waals surface area contributed by atoms with Crippen LogP contribution in [0, 0.1) is 22.7 Å². The summed E-state index contributed by atoms with van der Waals surface area (Å²) in [6.45, 7) is 2.27. The molecule has 0 aromatic rings. The standard InChI is InChI=1S/C16H26N2O/c1-13-7-6-8-14(11-13)18(2)15(19)16(12-17)9-4-3-5-10-16/h13-14H,3-11H2,1-2H3. The minimum atomic E-state index is -0.715. The van der Waals surface area contributed by atoms with Crippen molar-refractivity contribution in [2.75, 3.05) is 7.05 Å². The molecule has 2 fully saturated rings. The Morgan fingerprint density at radius 2 is 1.89 bits per heavy atom. The van der Waals surface area contributed by atoms with Crippen LogP contribution >= 0.6 is 0 Å². The van der Waals surface area contributed by atoms with E-state index >= 15 is 0 Å². The van der Waals surface area contributed by atoms with Gasteiger partial charge < -0.3 is 4.90 Å². The Kier molecular flexibility index (Phi) is 4.50. The summed E-state index contributed by atoms with van der Waals surface area (Å²) in [7, 11) is 1.92. The summed E-state index contributed by atoms with van der Waals surface area (Å²) < 4.78 is 0. The van der Waals surface area contributed by atoms with E-state index < -0.39 is 5.41 Å². The molecule has 2 aliphatic rings. The van der Waals surface area contributed by atoms with Crippen LogP contribution in [0.2, 0.25) is 0 Å². The number of amides is 1. The lowest BCUT2D eigenvalue weighted by Crippen LogP contribution is -2.48. The molecule has 0 aromatic carbocycles. The van der Waals surface area contributed by atoms with Crippen molar-refractivity contribution in [3.63, 3.8) is 0 Å². The molecule has 2 aliphatic carbocycles. The summed E-state index contributed by atoms with van der Waals surface area (Å²) in [4.78, 5) is 14.7. The average Bonchev–Trinajstić information content (AvgIpc) is 2.46. The van der Waals surface area contributed by atoms with E-state index in [1.54, 1.807) is 0 Å². The minimum absolute atomic E-state index is 0.0915. The first-order valence-electron chi connectivity index (χ1n) is 7.77. The van der Waals surface area contributed by atoms with Gasteiger partial charge in [-0.1, -0.05) is 39.0 Å². The molecule has 19 heavy (non-hydrogen) atoms. The fourth-order valence-corrected chi connectivity index (χ4v) is 3.79. The third-order valence-electron chi connectivity index (χ3n) is 5.11. The maximum absolute atomic E-state index is 12.8. The van der Waals surface area contributed by atoms with Crippen molar-refractivity contribution in [2.24, 2.45) is 11.3 Å². The van der Waals surface area contributed by atoms with E-state index in [2.05, 4.69) is 13.0 Å². The monoisotopic (exact) mass is 262 g/mol. The summed E-state index contributed by atoms with van der Waals surface area (Å²) >= 11 is 0. The van der Waals surface area contributed by atoms with Crippen LogP contribution in [0.1, 0.15) is 64.7 Å². The van der Waals surface area contributed by atoms with Gasteiger partial charge in [-0.25, -0.2) is 0 Å². The molecule has 0 bridgehead atoms. The zero-order valence-corrected chi connectivity index (χ0v) is 12.3. The molecule has 2 saturated carbocycles. The highest BCUT2D eigenvalue weighted by atomic mass is 16.2. The van der Waals surface area contributed by atoms with Crippen LogP contribution in [0.3, 0.4) is 0 Å². The van der Waals surface area contributed by atoms with Crippen LogP contribution in [-0.4, -0.2) is 23.9 Å². The van der Waals surface area contributed by atoms with E-state index in [1.807, 2.05) is 11.9 Å². The Bertz CT molecular complexity index is 365. The summed E-state index contributed by atoms with van der Waals surface area (Å²) in [5.74, 6) is 0.798. The molecule has 0 aromatic heterocycles. The molecule has 2 rings (SSSR count). The first kappa shape index (κ1) is 14.4. The number of hydrogen-bond donors (Lipinski definition) is 0. The van der Waals surface area contributed by atoms with Crippen molar-refractivity contribution in [3.8, 4) is 6.07 Å². The van der Waals surface area contributed by atoms with Crippen LogP contribution in [0.25, 0.3) is 0 Å². The molecule has 3 nitrogen and oxygen atoms in total. The zero-order valence-electron chi connectivity index (χ0n) is 12.3. The summed E-state index contributed by atoms with van der Waals surface area (Å²) in [6, 6.07) is 2.71. The van der Waals surface area contributed by atoms with Gasteiger partial charge >= 0.3 is 0 Å². The number of carbonyl (C=O) groups excluding carboxylic acids is 1. The molecule has 0 heterocycles. The smallest absolute Gasteiger partial charge is 0.243 e. The zero-order chi connectivity index (χ0) is 13.9. The Morgan fingerprint density at radius 3 is 2.47 bits per heavy atom. The number of nitriles is 1. The van der Waals surface area contributed by atoms with Gasteiger partial charge in [-0.2, -0.15) is 5.26 Å². The lowest BCUT2D eigenvalue weighted by molar-refractivity contribution is -0.142. The molecule has 3 heteroatoms. The van der Waals surface area contributed by atoms with E-state index in [1.165, 1.54) is 19.3 Å². The second kappa shape index (κ2) is 5.94. The van der Waals surface area contributed by atoms with E-state index in [9.17, 15) is 10.1 Å². The quantitative estimate of drug-likeness (QED) is 0.764. The van der Waals surface area contributed by atoms with Crippen molar-refractivity contribution < 1.29 is 4.79 Å². The van der Waals surface area contributed by atoms with Gasteiger partial charge in [-0.3, -0.25) is 4.79 Å². The summed E-state index contributed by atoms with van der Waals surface area (Å²) in [5, 5.41) is 9.51. The van der Waals surface area contributed by atoms with Gasteiger partial charge in [0.05, 0.1) is 6.07 Å². The van der Waals surface area contributed by atoms with Crippen molar-refractivity contribution >= 4 is 5.91 Å². The first-order valence-corrected chi connectivity index (χ1v) is 7.77. The highest BCUT2D eigenvalue weighted by Gasteiger charge is 2.43. The first-order chi connectivity index (χ1) is 9.09. The fourth-order valence-electron chi connectivity index (χ4n) is 3.79. The maximum atomic E-state index is 12.8. The summed E-state index contributed by atoms with van der Waals surface area (Å²) in [5.41, 5.74) is -0.715. The Morgan fingerprint density at radius 1 is 1.21 bits per heavy atom. The van der Waals surface area contributed by atoms with Crippen molar-refractivity contribution in [1.82, 2.24) is 4.90 Å². The predicted molar refractivity (Wildman–Crippen MR) is 75.3 cm³/mol. The molecule has 0 radical (unpaired) electrons. The molecular formula is C16H26N2O. The number of hydrogen-bond acceptors (Lipinski definition) is 2. The molecule has 1 amide bonds. The van der Waals surface area contributed by atoms with Gasteiger partial charge in [0.1, 0.15) is 5.41 Å². The van der Waals surface area contributed by atoms with Gasteiger partial charge in [-0.05, 0) is 31.6 Å². The molecule has 2 atom stereocenters. The maximum Gasteiger partial charge on any atom is 0.243 e. The second-order valence-corrected chi connectivity index (χ2v) is 6.60. The Balaban J connectivity index is 2.07. The highest BCUT2D eigenvalue weighted by Crippen LogP contribution is 2.38. The fraction of sp³-hybridized carbons (Fsp3) is 0.875. The van der Waals surface area contributed by atoms with Gasteiger partial charge in [0.2, 0.25) is 5.91 Å². The van der Waals surface area contributed by atoms with Crippen LogP contribution in [-0.2, 0) is 4.79 Å². The third-order valence-corrected chi connectivity index (χ3v) is 5.11. The van der Waals surface area contributed by atoms with Crippen molar-refractivity contribution in [1.29, 1.82) is 5.26 Å². The van der Waals surface area contributed by atoms with Gasteiger partial charge in [0, 0.05) is 13.1 Å². The van der Waals surface area contributed by atoms with Gasteiger partial charge in [0.25, 0.3) is 0 Å². The van der Waals surface area contributed by atoms with E-state index in [0.717, 1.165) is 38.5 Å². The lowest BCUT2D eigenvalue weighted by Gasteiger charge is -2.39. The van der Waals surface area contributed by atoms with Crippen LogP contribution in [0.5, 0.6) is 0 Å². The molecule has 0 aliphatic heterocycles. The molecule has 106 valence electrons. The van der Waals surface area contributed by atoms with E-state index in [-0.39, 0.29) is 5.91 Å². The van der Waals surface area contributed by atoms with E-state index in [4.69, 9.17) is 0 Å². The van der Waals surface area contributed by atoms with Crippen LogP contribution < -0.4 is 0 Å². The van der Waals surface area contributed by atoms with E-state index in [0.29, 0.717) is 12.0 Å². The van der Waals surface area contributed by atoms with Crippen molar-refractivity contribution in [3.05, 3.63) is 0 Å². The lowest BCUT2D eigenvalue weighted by atomic mass is 9.73. The number of rotatable bonds is 2. The number of nitrogens with zero attached hydrogens (tertiary/aromatic N) is 2. The molecule has 0 spiro atoms. The highest BCUT2D eigenvalue weighted by molar-refractivity contribution is 5.85. The normalized spacial score (nSPS) is 30.4. The molecule has 0 N–H and O–H groups in total. The Labute approximate surface area is 117 Å². The summed E-state index contributed by atoms with van der Waals surface area (Å²) in [6.07, 6.45) is 9.43. The van der Waals surface area contributed by atoms with Gasteiger partial charge in [-0.15, -0.1) is 0 Å². The number of carbonyl (C=O) groups is 1. The SMILES string of the molecule is CC1CCCC(N(C)C(=O)C2(C#N)CCCCC2)C1. The third kappa shape index (κ3) is 2.94. The van der Waals surface area contributed by atoms with Crippen LogP contribution in [0.15, 0.2) is 0 Å². The Hall–Kier alpha value is -1.04. The van der Waals surface area contributed by atoms with Gasteiger partial charge in [0.15, 0.2) is 0 Å². The predicted octanol–water partition coefficient (Wildman–Crippen LogP) is 3.50. The largest absolute Gasteiger partial charge is 0.341 e. The minimum Gasteiger partial charge on any atom is -0.341 e. The average molecular weight is 262 g/mol. The van der Waals surface area contributed by atoms with Crippen molar-refractivity contribution in [2.45, 2.75) is 70.8 Å². The second-order valence-electron chi connectivity index (χ2n) is 6.60. The topological polar surface area (TPSA) is 44.1 Å². The molecule has 2 unspecified atom stereocenters. The molecular weight excluding hydrogens is 236 g/mol.